The molecule has 8 heteroatoms. The lowest BCUT2D eigenvalue weighted by Crippen LogP contribution is -2.19. The summed E-state index contributed by atoms with van der Waals surface area (Å²) in [6, 6.07) is 15.4. The number of aromatic nitrogens is 2. The lowest BCUT2D eigenvalue weighted by molar-refractivity contribution is 0.0997. The molecule has 0 spiro atoms. The third kappa shape index (κ3) is 3.90. The van der Waals surface area contributed by atoms with Crippen LogP contribution in [0.15, 0.2) is 67.0 Å². The maximum atomic E-state index is 12.2. The van der Waals surface area contributed by atoms with E-state index < -0.39 is 5.91 Å². The van der Waals surface area contributed by atoms with Gasteiger partial charge >= 0.3 is 6.03 Å². The van der Waals surface area contributed by atoms with Crippen LogP contribution in [0.4, 0.5) is 16.2 Å². The Bertz CT molecular complexity index is 1200. The van der Waals surface area contributed by atoms with Crippen molar-refractivity contribution in [3.63, 3.8) is 0 Å². The zero-order valence-corrected chi connectivity index (χ0v) is 15.8. The molecule has 29 heavy (non-hydrogen) atoms. The van der Waals surface area contributed by atoms with Crippen molar-refractivity contribution in [2.75, 3.05) is 10.6 Å². The first kappa shape index (κ1) is 18.5. The number of halogens is 1. The summed E-state index contributed by atoms with van der Waals surface area (Å²) in [5.74, 6) is -0.555. The fourth-order valence-corrected chi connectivity index (χ4v) is 3.20. The predicted octanol–water partition coefficient (Wildman–Crippen LogP) is 4.63. The van der Waals surface area contributed by atoms with Crippen LogP contribution in [0, 0.1) is 0 Å². The molecule has 3 amide bonds. The molecule has 4 aromatic rings. The molecule has 0 aliphatic rings. The van der Waals surface area contributed by atoms with Crippen molar-refractivity contribution in [2.45, 2.75) is 0 Å². The van der Waals surface area contributed by atoms with E-state index in [4.69, 9.17) is 17.3 Å². The van der Waals surface area contributed by atoms with E-state index in [2.05, 4.69) is 20.6 Å². The van der Waals surface area contributed by atoms with E-state index in [0.717, 1.165) is 16.5 Å². The van der Waals surface area contributed by atoms with Crippen molar-refractivity contribution >= 4 is 45.8 Å². The van der Waals surface area contributed by atoms with Gasteiger partial charge in [-0.3, -0.25) is 9.78 Å². The molecular formula is C21H16ClN5O2. The Morgan fingerprint density at radius 2 is 1.55 bits per heavy atom. The second-order valence-electron chi connectivity index (χ2n) is 6.32. The smallest absolute Gasteiger partial charge is 0.323 e. The minimum absolute atomic E-state index is 0.314. The van der Waals surface area contributed by atoms with Crippen LogP contribution in [0.25, 0.3) is 22.0 Å². The molecular weight excluding hydrogens is 390 g/mol. The number of nitrogens with two attached hydrogens (primary N) is 1. The molecule has 2 aromatic heterocycles. The quantitative estimate of drug-likeness (QED) is 0.397. The molecule has 0 saturated carbocycles. The predicted molar refractivity (Wildman–Crippen MR) is 114 cm³/mol. The average molecular weight is 406 g/mol. The molecule has 0 aliphatic heterocycles. The minimum Gasteiger partial charge on any atom is -0.364 e. The zero-order valence-electron chi connectivity index (χ0n) is 15.1. The number of fused-ring (bicyclic) bond motifs is 1. The monoisotopic (exact) mass is 405 g/mol. The number of primary amides is 1. The van der Waals surface area contributed by atoms with Crippen molar-refractivity contribution in [3.05, 3.63) is 77.7 Å². The summed E-state index contributed by atoms with van der Waals surface area (Å²) in [4.78, 5) is 31.1. The largest absolute Gasteiger partial charge is 0.364 e. The summed E-state index contributed by atoms with van der Waals surface area (Å²) in [6.45, 7) is 0. The van der Waals surface area contributed by atoms with Crippen molar-refractivity contribution in [2.24, 2.45) is 5.73 Å². The molecule has 0 saturated heterocycles. The highest BCUT2D eigenvalue weighted by molar-refractivity contribution is 6.30. The van der Waals surface area contributed by atoms with Crippen LogP contribution in [-0.2, 0) is 0 Å². The Labute approximate surface area is 170 Å². The van der Waals surface area contributed by atoms with Crippen LogP contribution in [0.3, 0.4) is 0 Å². The SMILES string of the molecule is NC(=O)c1[nH]c2cnccc2c1-c1ccc(NC(=O)Nc2ccc(Cl)cc2)cc1. The van der Waals surface area contributed by atoms with Crippen molar-refractivity contribution in [1.82, 2.24) is 9.97 Å². The highest BCUT2D eigenvalue weighted by atomic mass is 35.5. The van der Waals surface area contributed by atoms with E-state index in [0.29, 0.717) is 27.7 Å². The highest BCUT2D eigenvalue weighted by Gasteiger charge is 2.17. The van der Waals surface area contributed by atoms with E-state index in [-0.39, 0.29) is 6.03 Å². The third-order valence-corrected chi connectivity index (χ3v) is 4.63. The Kier molecular flexibility index (Phi) is 4.88. The first-order chi connectivity index (χ1) is 14.0. The van der Waals surface area contributed by atoms with E-state index in [1.165, 1.54) is 0 Å². The summed E-state index contributed by atoms with van der Waals surface area (Å²) in [5.41, 5.74) is 9.29. The van der Waals surface area contributed by atoms with Gasteiger partial charge in [-0.05, 0) is 48.0 Å². The van der Waals surface area contributed by atoms with Gasteiger partial charge in [-0.1, -0.05) is 23.7 Å². The number of aromatic amines is 1. The third-order valence-electron chi connectivity index (χ3n) is 4.38. The Hall–Kier alpha value is -3.84. The number of amides is 3. The molecule has 2 aromatic carbocycles. The lowest BCUT2D eigenvalue weighted by Gasteiger charge is -2.09. The second kappa shape index (κ2) is 7.65. The summed E-state index contributed by atoms with van der Waals surface area (Å²) in [6.07, 6.45) is 3.30. The van der Waals surface area contributed by atoms with E-state index in [1.807, 2.05) is 18.2 Å². The minimum atomic E-state index is -0.555. The van der Waals surface area contributed by atoms with Gasteiger partial charge in [0, 0.05) is 33.5 Å². The van der Waals surface area contributed by atoms with Gasteiger partial charge in [-0.25, -0.2) is 4.79 Å². The molecule has 2 heterocycles. The number of carbonyl (C=O) groups is 2. The van der Waals surface area contributed by atoms with Gasteiger partial charge in [0.25, 0.3) is 5.91 Å². The molecule has 0 radical (unpaired) electrons. The Morgan fingerprint density at radius 1 is 0.931 bits per heavy atom. The standard InChI is InChI=1S/C21H16ClN5O2/c22-13-3-7-15(8-4-13)26-21(29)25-14-5-1-12(2-6-14)18-16-9-10-24-11-17(16)27-19(18)20(23)28/h1-11,27H,(H2,23,28)(H2,25,26,29). The van der Waals surface area contributed by atoms with Gasteiger partial charge < -0.3 is 21.4 Å². The van der Waals surface area contributed by atoms with Gasteiger partial charge in [0.2, 0.25) is 0 Å². The second-order valence-corrected chi connectivity index (χ2v) is 6.76. The number of H-pyrrole nitrogens is 1. The van der Waals surface area contributed by atoms with E-state index in [1.54, 1.807) is 48.8 Å². The summed E-state index contributed by atoms with van der Waals surface area (Å²) in [7, 11) is 0. The number of hydrogen-bond acceptors (Lipinski definition) is 3. The molecule has 4 rings (SSSR count). The number of hydrogen-bond donors (Lipinski definition) is 4. The Balaban J connectivity index is 1.56. The van der Waals surface area contributed by atoms with Crippen LogP contribution < -0.4 is 16.4 Å². The molecule has 0 unspecified atom stereocenters. The van der Waals surface area contributed by atoms with E-state index in [9.17, 15) is 9.59 Å². The molecule has 0 aliphatic carbocycles. The summed E-state index contributed by atoms with van der Waals surface area (Å²) >= 11 is 5.84. The summed E-state index contributed by atoms with van der Waals surface area (Å²) < 4.78 is 0. The van der Waals surface area contributed by atoms with Gasteiger partial charge in [0.15, 0.2) is 0 Å². The van der Waals surface area contributed by atoms with Crippen LogP contribution in [0.1, 0.15) is 10.5 Å². The van der Waals surface area contributed by atoms with Crippen LogP contribution in [0.5, 0.6) is 0 Å². The maximum absolute atomic E-state index is 12.2. The normalized spacial score (nSPS) is 10.7. The Morgan fingerprint density at radius 3 is 2.17 bits per heavy atom. The number of rotatable bonds is 4. The van der Waals surface area contributed by atoms with Crippen LogP contribution in [-0.4, -0.2) is 21.9 Å². The number of pyridine rings is 1. The number of nitrogens with one attached hydrogen (secondary N) is 3. The zero-order chi connectivity index (χ0) is 20.4. The first-order valence-electron chi connectivity index (χ1n) is 8.71. The molecule has 0 atom stereocenters. The highest BCUT2D eigenvalue weighted by Crippen LogP contribution is 2.32. The number of benzene rings is 2. The fraction of sp³-hybridized carbons (Fsp3) is 0. The van der Waals surface area contributed by atoms with Crippen molar-refractivity contribution < 1.29 is 9.59 Å². The molecule has 5 N–H and O–H groups in total. The number of anilines is 2. The molecule has 0 fully saturated rings. The topological polar surface area (TPSA) is 113 Å². The number of urea groups is 1. The fourth-order valence-electron chi connectivity index (χ4n) is 3.08. The number of carbonyl (C=O) groups excluding carboxylic acids is 2. The van der Waals surface area contributed by atoms with Gasteiger partial charge in [0.1, 0.15) is 5.69 Å². The van der Waals surface area contributed by atoms with Gasteiger partial charge in [-0.15, -0.1) is 0 Å². The maximum Gasteiger partial charge on any atom is 0.323 e. The summed E-state index contributed by atoms with van der Waals surface area (Å²) in [5, 5.41) is 6.92. The van der Waals surface area contributed by atoms with Gasteiger partial charge in [0.05, 0.1) is 11.7 Å². The molecule has 7 nitrogen and oxygen atoms in total. The molecule has 144 valence electrons. The van der Waals surface area contributed by atoms with E-state index >= 15 is 0 Å². The van der Waals surface area contributed by atoms with Crippen molar-refractivity contribution in [3.8, 4) is 11.1 Å². The average Bonchev–Trinajstić information content (AvgIpc) is 3.10. The molecule has 0 bridgehead atoms. The van der Waals surface area contributed by atoms with Crippen LogP contribution >= 0.6 is 11.6 Å². The lowest BCUT2D eigenvalue weighted by atomic mass is 10.0. The van der Waals surface area contributed by atoms with Crippen molar-refractivity contribution in [1.29, 1.82) is 0 Å². The van der Waals surface area contributed by atoms with Gasteiger partial charge in [-0.2, -0.15) is 0 Å². The number of nitrogens with zero attached hydrogens (tertiary/aromatic N) is 1. The van der Waals surface area contributed by atoms with Crippen LogP contribution in [0.2, 0.25) is 5.02 Å². The first-order valence-corrected chi connectivity index (χ1v) is 9.08.